The first-order valence-corrected chi connectivity index (χ1v) is 10.2. The van der Waals surface area contributed by atoms with Crippen LogP contribution in [0.3, 0.4) is 0 Å². The summed E-state index contributed by atoms with van der Waals surface area (Å²) in [6.07, 6.45) is 3.44. The molecule has 1 aliphatic heterocycles. The van der Waals surface area contributed by atoms with Crippen LogP contribution in [-0.4, -0.2) is 39.5 Å². The topological polar surface area (TPSA) is 84.8 Å². The van der Waals surface area contributed by atoms with Gasteiger partial charge in [0.2, 0.25) is 5.95 Å². The summed E-state index contributed by atoms with van der Waals surface area (Å²) in [4.78, 5) is 20.2. The van der Waals surface area contributed by atoms with E-state index in [1.807, 2.05) is 20.8 Å². The van der Waals surface area contributed by atoms with Crippen molar-refractivity contribution in [3.05, 3.63) is 51.9 Å². The summed E-state index contributed by atoms with van der Waals surface area (Å²) in [7, 11) is 0. The van der Waals surface area contributed by atoms with Gasteiger partial charge in [0.05, 0.1) is 11.7 Å². The molecule has 0 radical (unpaired) electrons. The number of rotatable bonds is 4. The van der Waals surface area contributed by atoms with Crippen LogP contribution in [-0.2, 0) is 15.7 Å². The van der Waals surface area contributed by atoms with Crippen molar-refractivity contribution in [1.29, 1.82) is 0 Å². The number of H-pyrrole nitrogens is 1. The molecule has 1 saturated heterocycles. The van der Waals surface area contributed by atoms with E-state index in [0.29, 0.717) is 23.5 Å². The Morgan fingerprint density at radius 3 is 2.66 bits per heavy atom. The van der Waals surface area contributed by atoms with E-state index < -0.39 is 0 Å². The first-order chi connectivity index (χ1) is 13.8. The number of aromatic nitrogens is 4. The van der Waals surface area contributed by atoms with E-state index in [2.05, 4.69) is 46.6 Å². The summed E-state index contributed by atoms with van der Waals surface area (Å²) in [5.74, 6) is 0.480. The number of aryl methyl sites for hydroxylation is 1. The summed E-state index contributed by atoms with van der Waals surface area (Å²) in [5.41, 5.74) is 2.72. The molecule has 0 amide bonds. The van der Waals surface area contributed by atoms with E-state index in [1.165, 1.54) is 11.1 Å². The van der Waals surface area contributed by atoms with Gasteiger partial charge in [-0.2, -0.15) is 10.1 Å². The third-order valence-corrected chi connectivity index (χ3v) is 5.83. The molecule has 29 heavy (non-hydrogen) atoms. The van der Waals surface area contributed by atoms with Crippen molar-refractivity contribution < 1.29 is 4.74 Å². The number of benzene rings is 1. The molecule has 1 fully saturated rings. The predicted octanol–water partition coefficient (Wildman–Crippen LogP) is 3.34. The molecule has 0 bridgehead atoms. The summed E-state index contributed by atoms with van der Waals surface area (Å²) in [6.45, 7) is 10.4. The summed E-state index contributed by atoms with van der Waals surface area (Å²) in [6, 6.07) is 8.52. The largest absolute Gasteiger partial charge is 0.381 e. The number of anilines is 1. The fourth-order valence-corrected chi connectivity index (χ4v) is 4.22. The second-order valence-corrected chi connectivity index (χ2v) is 8.94. The van der Waals surface area contributed by atoms with Crippen molar-refractivity contribution in [2.75, 3.05) is 25.1 Å². The van der Waals surface area contributed by atoms with Gasteiger partial charge in [-0.15, -0.1) is 0 Å². The Kier molecular flexibility index (Phi) is 4.94. The van der Waals surface area contributed by atoms with Crippen molar-refractivity contribution >= 4 is 17.0 Å². The Morgan fingerprint density at radius 2 is 1.97 bits per heavy atom. The number of fused-ring (bicyclic) bond motifs is 1. The van der Waals surface area contributed by atoms with Gasteiger partial charge in [-0.25, -0.2) is 4.68 Å². The highest BCUT2D eigenvalue weighted by Gasteiger charge is 2.35. The minimum atomic E-state index is -0.261. The van der Waals surface area contributed by atoms with Crippen molar-refractivity contribution in [1.82, 2.24) is 19.7 Å². The van der Waals surface area contributed by atoms with Gasteiger partial charge < -0.3 is 10.1 Å². The maximum absolute atomic E-state index is 12.6. The van der Waals surface area contributed by atoms with Crippen molar-refractivity contribution in [2.45, 2.75) is 51.5 Å². The molecule has 3 heterocycles. The number of hydrogen-bond donors (Lipinski definition) is 2. The Hall–Kier alpha value is -2.67. The zero-order chi connectivity index (χ0) is 20.6. The lowest BCUT2D eigenvalue weighted by atomic mass is 9.72. The molecule has 7 heteroatoms. The molecule has 0 saturated carbocycles. The van der Waals surface area contributed by atoms with E-state index in [-0.39, 0.29) is 16.5 Å². The normalized spacial score (nSPS) is 16.8. The molecule has 1 aromatic carbocycles. The fourth-order valence-electron chi connectivity index (χ4n) is 4.22. The van der Waals surface area contributed by atoms with Crippen LogP contribution in [0.5, 0.6) is 0 Å². The molecule has 0 unspecified atom stereocenters. The maximum atomic E-state index is 12.6. The first-order valence-electron chi connectivity index (χ1n) is 10.2. The van der Waals surface area contributed by atoms with Crippen LogP contribution in [0.2, 0.25) is 0 Å². The average Bonchev–Trinajstić information content (AvgIpc) is 3.13. The average molecular weight is 396 g/mol. The summed E-state index contributed by atoms with van der Waals surface area (Å²) < 4.78 is 7.44. The van der Waals surface area contributed by atoms with E-state index >= 15 is 0 Å². The molecular formula is C22H29N5O2. The lowest BCUT2D eigenvalue weighted by Gasteiger charge is -2.39. The number of ether oxygens (including phenoxy) is 1. The summed E-state index contributed by atoms with van der Waals surface area (Å²) in [5, 5.41) is 8.30. The molecular weight excluding hydrogens is 366 g/mol. The molecule has 154 valence electrons. The SMILES string of the molecule is Cc1ccccc1C1(CNc2nc3c(cnn3C(C)(C)C)c(=O)[nH]2)CCOCC1. The smallest absolute Gasteiger partial charge is 0.263 e. The van der Waals surface area contributed by atoms with Gasteiger partial charge in [-0.1, -0.05) is 24.3 Å². The standard InChI is InChI=1S/C22H29N5O2/c1-15-7-5-6-8-17(15)22(9-11-29-12-10-22)14-23-20-25-18-16(19(28)26-20)13-24-27(18)21(2,3)4/h5-8,13H,9-12,14H2,1-4H3,(H2,23,25,26,28). The highest BCUT2D eigenvalue weighted by Crippen LogP contribution is 2.36. The lowest BCUT2D eigenvalue weighted by molar-refractivity contribution is 0.0541. The number of nitrogens with zero attached hydrogens (tertiary/aromatic N) is 3. The van der Waals surface area contributed by atoms with Gasteiger partial charge in [-0.3, -0.25) is 9.78 Å². The zero-order valence-corrected chi connectivity index (χ0v) is 17.6. The Morgan fingerprint density at radius 1 is 1.24 bits per heavy atom. The first kappa shape index (κ1) is 19.6. The van der Waals surface area contributed by atoms with Gasteiger partial charge in [0.1, 0.15) is 5.39 Å². The number of hydrogen-bond acceptors (Lipinski definition) is 5. The third kappa shape index (κ3) is 3.67. The lowest BCUT2D eigenvalue weighted by Crippen LogP contribution is -2.41. The molecule has 4 rings (SSSR count). The highest BCUT2D eigenvalue weighted by atomic mass is 16.5. The molecule has 2 N–H and O–H groups in total. The van der Waals surface area contributed by atoms with E-state index in [9.17, 15) is 4.79 Å². The summed E-state index contributed by atoms with van der Waals surface area (Å²) >= 11 is 0. The van der Waals surface area contributed by atoms with Crippen LogP contribution in [0.25, 0.3) is 11.0 Å². The van der Waals surface area contributed by atoms with Crippen LogP contribution in [0.4, 0.5) is 5.95 Å². The van der Waals surface area contributed by atoms with Crippen LogP contribution >= 0.6 is 0 Å². The quantitative estimate of drug-likeness (QED) is 0.708. The second-order valence-electron chi connectivity index (χ2n) is 8.94. The van der Waals surface area contributed by atoms with Crippen molar-refractivity contribution in [2.24, 2.45) is 0 Å². The van der Waals surface area contributed by atoms with Crippen molar-refractivity contribution in [3.63, 3.8) is 0 Å². The highest BCUT2D eigenvalue weighted by molar-refractivity contribution is 5.74. The van der Waals surface area contributed by atoms with E-state index in [4.69, 9.17) is 9.72 Å². The van der Waals surface area contributed by atoms with Gasteiger partial charge in [-0.05, 0) is 51.7 Å². The fraction of sp³-hybridized carbons (Fsp3) is 0.500. The van der Waals surface area contributed by atoms with Crippen LogP contribution < -0.4 is 10.9 Å². The Labute approximate surface area is 170 Å². The van der Waals surface area contributed by atoms with Crippen molar-refractivity contribution in [3.8, 4) is 0 Å². The molecule has 3 aromatic rings. The molecule has 0 spiro atoms. The molecule has 0 atom stereocenters. The minimum absolute atomic E-state index is 0.0542. The molecule has 7 nitrogen and oxygen atoms in total. The van der Waals surface area contributed by atoms with E-state index in [1.54, 1.807) is 10.9 Å². The van der Waals surface area contributed by atoms with Gasteiger partial charge in [0.15, 0.2) is 5.65 Å². The Balaban J connectivity index is 1.69. The van der Waals surface area contributed by atoms with E-state index in [0.717, 1.165) is 26.1 Å². The maximum Gasteiger partial charge on any atom is 0.263 e. The third-order valence-electron chi connectivity index (χ3n) is 5.83. The predicted molar refractivity (Wildman–Crippen MR) is 115 cm³/mol. The molecule has 2 aromatic heterocycles. The number of aromatic amines is 1. The van der Waals surface area contributed by atoms with Crippen LogP contribution in [0.15, 0.2) is 35.3 Å². The zero-order valence-electron chi connectivity index (χ0n) is 17.6. The number of nitrogens with one attached hydrogen (secondary N) is 2. The van der Waals surface area contributed by atoms with Gasteiger partial charge in [0.25, 0.3) is 5.56 Å². The minimum Gasteiger partial charge on any atom is -0.381 e. The molecule has 1 aliphatic rings. The van der Waals surface area contributed by atoms with Crippen LogP contribution in [0, 0.1) is 6.92 Å². The van der Waals surface area contributed by atoms with Gasteiger partial charge in [0, 0.05) is 25.2 Å². The molecule has 0 aliphatic carbocycles. The Bertz CT molecular complexity index is 1070. The second kappa shape index (κ2) is 7.30. The van der Waals surface area contributed by atoms with Crippen LogP contribution in [0.1, 0.15) is 44.7 Å². The monoisotopic (exact) mass is 395 g/mol. The van der Waals surface area contributed by atoms with Gasteiger partial charge >= 0.3 is 0 Å².